The molecule has 0 saturated heterocycles. The van der Waals surface area contributed by atoms with Gasteiger partial charge >= 0.3 is 0 Å². The average molecular weight is 145 g/mol. The minimum Gasteiger partial charge on any atom is -0.370 e. The molecule has 0 bridgehead atoms. The number of rotatable bonds is 3. The summed E-state index contributed by atoms with van der Waals surface area (Å²) in [6.07, 6.45) is 2.20. The van der Waals surface area contributed by atoms with Crippen molar-refractivity contribution >= 4 is 12.7 Å². The van der Waals surface area contributed by atoms with Crippen molar-refractivity contribution in [2.75, 3.05) is 6.54 Å². The van der Waals surface area contributed by atoms with Crippen molar-refractivity contribution in [2.24, 2.45) is 16.5 Å². The van der Waals surface area contributed by atoms with E-state index in [2.05, 4.69) is 11.9 Å². The summed E-state index contributed by atoms with van der Waals surface area (Å²) in [5.41, 5.74) is 10.1. The van der Waals surface area contributed by atoms with Crippen molar-refractivity contribution in [3.05, 3.63) is 0 Å². The van der Waals surface area contributed by atoms with Gasteiger partial charge in [0.2, 0.25) is 0 Å². The van der Waals surface area contributed by atoms with Crippen LogP contribution in [-0.2, 0) is 4.79 Å². The molecular formula is C6H15N3O. The summed E-state index contributed by atoms with van der Waals surface area (Å²) in [6.45, 7) is 4.86. The largest absolute Gasteiger partial charge is 0.370 e. The Balaban J connectivity index is 0. The number of carbonyl (C=O) groups excluding carboxylic acids is 1. The van der Waals surface area contributed by atoms with E-state index in [1.807, 2.05) is 6.79 Å². The summed E-state index contributed by atoms with van der Waals surface area (Å²) in [7, 11) is 0. The Hall–Kier alpha value is -1.06. The second-order valence-corrected chi connectivity index (χ2v) is 1.66. The van der Waals surface area contributed by atoms with Crippen molar-refractivity contribution < 1.29 is 4.79 Å². The minimum absolute atomic E-state index is 0.193. The summed E-state index contributed by atoms with van der Waals surface area (Å²) in [6, 6.07) is 0. The Kier molecular flexibility index (Phi) is 12.7. The van der Waals surface area contributed by atoms with Gasteiger partial charge in [-0.3, -0.25) is 4.99 Å². The molecule has 0 aromatic heterocycles. The second-order valence-electron chi connectivity index (χ2n) is 1.66. The maximum Gasteiger partial charge on any atom is 0.185 e. The van der Waals surface area contributed by atoms with E-state index in [0.717, 1.165) is 19.4 Å². The van der Waals surface area contributed by atoms with Crippen LogP contribution in [0.4, 0.5) is 0 Å². The van der Waals surface area contributed by atoms with Gasteiger partial charge in [-0.1, -0.05) is 13.3 Å². The molecule has 0 atom stereocenters. The maximum atomic E-state index is 8.00. The molecule has 0 spiro atoms. The SMILES string of the molecule is C=O.CCCCN=C(N)N. The standard InChI is InChI=1S/C5H13N3.CH2O/c1-2-3-4-8-5(6)7;1-2/h2-4H2,1H3,(H4,6,7,8);1H2. The van der Waals surface area contributed by atoms with Gasteiger partial charge in [-0.2, -0.15) is 0 Å². The molecule has 4 N–H and O–H groups in total. The molecule has 0 unspecified atom stereocenters. The number of guanidine groups is 1. The number of carbonyl (C=O) groups is 1. The third-order valence-electron chi connectivity index (χ3n) is 0.806. The van der Waals surface area contributed by atoms with Gasteiger partial charge in [-0.15, -0.1) is 0 Å². The molecule has 0 aliphatic carbocycles. The number of unbranched alkanes of at least 4 members (excludes halogenated alkanes) is 1. The molecule has 0 aliphatic heterocycles. The van der Waals surface area contributed by atoms with E-state index in [-0.39, 0.29) is 5.96 Å². The average Bonchev–Trinajstić information content (AvgIpc) is 1.92. The summed E-state index contributed by atoms with van der Waals surface area (Å²) in [5.74, 6) is 0.193. The van der Waals surface area contributed by atoms with Crippen molar-refractivity contribution in [2.45, 2.75) is 19.8 Å². The zero-order chi connectivity index (χ0) is 8.41. The van der Waals surface area contributed by atoms with Crippen LogP contribution in [-0.4, -0.2) is 19.3 Å². The van der Waals surface area contributed by atoms with Crippen molar-refractivity contribution in [3.8, 4) is 0 Å². The first kappa shape index (κ1) is 11.7. The van der Waals surface area contributed by atoms with Gasteiger partial charge in [0.1, 0.15) is 6.79 Å². The van der Waals surface area contributed by atoms with Crippen LogP contribution in [0, 0.1) is 0 Å². The molecule has 0 amide bonds. The highest BCUT2D eigenvalue weighted by Crippen LogP contribution is 1.84. The van der Waals surface area contributed by atoms with Gasteiger partial charge < -0.3 is 16.3 Å². The summed E-state index contributed by atoms with van der Waals surface area (Å²) in [4.78, 5) is 11.8. The van der Waals surface area contributed by atoms with E-state index in [1.165, 1.54) is 0 Å². The predicted octanol–water partition coefficient (Wildman–Crippen LogP) is -0.125. The summed E-state index contributed by atoms with van der Waals surface area (Å²) >= 11 is 0. The molecule has 0 heterocycles. The third kappa shape index (κ3) is 15.8. The zero-order valence-electron chi connectivity index (χ0n) is 6.34. The minimum atomic E-state index is 0.193. The van der Waals surface area contributed by atoms with Gasteiger partial charge in [0, 0.05) is 6.54 Å². The Bertz CT molecular complexity index is 89.0. The van der Waals surface area contributed by atoms with E-state index in [9.17, 15) is 0 Å². The van der Waals surface area contributed by atoms with Crippen LogP contribution < -0.4 is 11.5 Å². The molecule has 0 aromatic rings. The Labute approximate surface area is 61.3 Å². The number of hydrogen-bond donors (Lipinski definition) is 2. The summed E-state index contributed by atoms with van der Waals surface area (Å²) < 4.78 is 0. The highest BCUT2D eigenvalue weighted by Gasteiger charge is 1.79. The number of aliphatic imine (C=N–C) groups is 1. The molecule has 0 fully saturated rings. The monoisotopic (exact) mass is 145 g/mol. The fraction of sp³-hybridized carbons (Fsp3) is 0.667. The molecule has 0 saturated carbocycles. The highest BCUT2D eigenvalue weighted by atomic mass is 16.1. The van der Waals surface area contributed by atoms with Crippen LogP contribution in [0.1, 0.15) is 19.8 Å². The summed E-state index contributed by atoms with van der Waals surface area (Å²) in [5, 5.41) is 0. The molecule has 0 aliphatic rings. The fourth-order valence-corrected chi connectivity index (χ4v) is 0.366. The zero-order valence-corrected chi connectivity index (χ0v) is 6.34. The lowest BCUT2D eigenvalue weighted by molar-refractivity contribution is -0.0979. The highest BCUT2D eigenvalue weighted by molar-refractivity contribution is 5.75. The van der Waals surface area contributed by atoms with E-state index in [4.69, 9.17) is 16.3 Å². The van der Waals surface area contributed by atoms with E-state index >= 15 is 0 Å². The lowest BCUT2D eigenvalue weighted by Crippen LogP contribution is -2.22. The Morgan fingerprint density at radius 3 is 2.30 bits per heavy atom. The van der Waals surface area contributed by atoms with Crippen LogP contribution >= 0.6 is 0 Å². The molecule has 4 heteroatoms. The van der Waals surface area contributed by atoms with Crippen LogP contribution in [0.15, 0.2) is 4.99 Å². The molecule has 10 heavy (non-hydrogen) atoms. The van der Waals surface area contributed by atoms with Crippen LogP contribution in [0.5, 0.6) is 0 Å². The van der Waals surface area contributed by atoms with E-state index in [0.29, 0.717) is 0 Å². The Morgan fingerprint density at radius 2 is 2.00 bits per heavy atom. The smallest absolute Gasteiger partial charge is 0.185 e. The molecule has 60 valence electrons. The van der Waals surface area contributed by atoms with Crippen LogP contribution in [0.2, 0.25) is 0 Å². The first-order valence-corrected chi connectivity index (χ1v) is 3.11. The van der Waals surface area contributed by atoms with Crippen molar-refractivity contribution in [1.82, 2.24) is 0 Å². The van der Waals surface area contributed by atoms with Crippen molar-refractivity contribution in [1.29, 1.82) is 0 Å². The van der Waals surface area contributed by atoms with Gasteiger partial charge in [0.05, 0.1) is 0 Å². The molecule has 4 nitrogen and oxygen atoms in total. The molecular weight excluding hydrogens is 130 g/mol. The lowest BCUT2D eigenvalue weighted by Gasteiger charge is -1.89. The predicted molar refractivity (Wildman–Crippen MR) is 42.7 cm³/mol. The van der Waals surface area contributed by atoms with E-state index in [1.54, 1.807) is 0 Å². The van der Waals surface area contributed by atoms with Crippen LogP contribution in [0.3, 0.4) is 0 Å². The quantitative estimate of drug-likeness (QED) is 0.330. The van der Waals surface area contributed by atoms with Gasteiger partial charge in [0.25, 0.3) is 0 Å². The number of nitrogens with zero attached hydrogens (tertiary/aromatic N) is 1. The number of nitrogens with two attached hydrogens (primary N) is 2. The second kappa shape index (κ2) is 10.8. The third-order valence-corrected chi connectivity index (χ3v) is 0.806. The Morgan fingerprint density at radius 1 is 1.50 bits per heavy atom. The van der Waals surface area contributed by atoms with Gasteiger partial charge in [0.15, 0.2) is 5.96 Å². The van der Waals surface area contributed by atoms with Gasteiger partial charge in [-0.25, -0.2) is 0 Å². The topological polar surface area (TPSA) is 81.5 Å². The van der Waals surface area contributed by atoms with Crippen LogP contribution in [0.25, 0.3) is 0 Å². The maximum absolute atomic E-state index is 8.00. The van der Waals surface area contributed by atoms with Crippen molar-refractivity contribution in [3.63, 3.8) is 0 Å². The number of hydrogen-bond acceptors (Lipinski definition) is 2. The normalized spacial score (nSPS) is 7.30. The van der Waals surface area contributed by atoms with Gasteiger partial charge in [-0.05, 0) is 6.42 Å². The lowest BCUT2D eigenvalue weighted by atomic mass is 10.3. The first-order valence-electron chi connectivity index (χ1n) is 3.11. The first-order chi connectivity index (χ1) is 4.77. The molecule has 0 aromatic carbocycles. The molecule has 0 radical (unpaired) electrons. The van der Waals surface area contributed by atoms with E-state index < -0.39 is 0 Å². The molecule has 0 rings (SSSR count). The fourth-order valence-electron chi connectivity index (χ4n) is 0.366.